The maximum Gasteiger partial charge on any atom is 0.263 e. The molecule has 0 aliphatic carbocycles. The molecule has 0 saturated carbocycles. The van der Waals surface area contributed by atoms with E-state index in [9.17, 15) is 14.4 Å². The van der Waals surface area contributed by atoms with Gasteiger partial charge in [0.15, 0.2) is 11.4 Å². The molecule has 5 aromatic rings. The molecule has 0 unspecified atom stereocenters. The SMILES string of the molecule is CC(=O)c1cccc2cc([C@H](C)NC(=O)c3c(C)nn4cccnc34)n(-c3ccccc3)c(=O)c12. The van der Waals surface area contributed by atoms with Gasteiger partial charge in [-0.3, -0.25) is 19.0 Å². The first-order valence-corrected chi connectivity index (χ1v) is 11.2. The first kappa shape index (κ1) is 22.2. The molecule has 3 heterocycles. The van der Waals surface area contributed by atoms with Crippen molar-refractivity contribution in [2.45, 2.75) is 26.8 Å². The van der Waals surface area contributed by atoms with Gasteiger partial charge < -0.3 is 5.32 Å². The molecule has 1 N–H and O–H groups in total. The van der Waals surface area contributed by atoms with Crippen molar-refractivity contribution in [2.24, 2.45) is 0 Å². The van der Waals surface area contributed by atoms with Gasteiger partial charge in [-0.2, -0.15) is 5.10 Å². The van der Waals surface area contributed by atoms with Gasteiger partial charge in [-0.05, 0) is 50.4 Å². The highest BCUT2D eigenvalue weighted by Crippen LogP contribution is 2.24. The van der Waals surface area contributed by atoms with Crippen LogP contribution in [0.2, 0.25) is 0 Å². The Morgan fingerprint density at radius 1 is 1.03 bits per heavy atom. The van der Waals surface area contributed by atoms with Crippen LogP contribution < -0.4 is 10.9 Å². The molecule has 0 radical (unpaired) electrons. The van der Waals surface area contributed by atoms with Crippen LogP contribution in [-0.4, -0.2) is 30.9 Å². The van der Waals surface area contributed by atoms with E-state index in [1.165, 1.54) is 6.92 Å². The molecule has 3 aromatic heterocycles. The average molecular weight is 466 g/mol. The number of nitrogens with one attached hydrogen (secondary N) is 1. The maximum atomic E-state index is 13.8. The molecule has 1 amide bonds. The molecule has 174 valence electrons. The number of Topliss-reactive ketones (excluding diaryl/α,β-unsaturated/α-hetero) is 1. The van der Waals surface area contributed by atoms with Crippen molar-refractivity contribution in [3.05, 3.63) is 106 Å². The van der Waals surface area contributed by atoms with Crippen molar-refractivity contribution < 1.29 is 9.59 Å². The van der Waals surface area contributed by atoms with E-state index in [0.29, 0.717) is 44.6 Å². The van der Waals surface area contributed by atoms with Crippen LogP contribution in [0.15, 0.2) is 77.9 Å². The van der Waals surface area contributed by atoms with Crippen LogP contribution in [0.1, 0.15) is 52.0 Å². The molecule has 0 bridgehead atoms. The van der Waals surface area contributed by atoms with Gasteiger partial charge in [0, 0.05) is 29.3 Å². The summed E-state index contributed by atoms with van der Waals surface area (Å²) in [7, 11) is 0. The molecule has 35 heavy (non-hydrogen) atoms. The summed E-state index contributed by atoms with van der Waals surface area (Å²) in [6.45, 7) is 5.03. The summed E-state index contributed by atoms with van der Waals surface area (Å²) in [5, 5.41) is 8.37. The van der Waals surface area contributed by atoms with Gasteiger partial charge in [-0.25, -0.2) is 9.50 Å². The van der Waals surface area contributed by atoms with Crippen LogP contribution in [0.5, 0.6) is 0 Å². The summed E-state index contributed by atoms with van der Waals surface area (Å²) in [6.07, 6.45) is 3.35. The third-order valence-corrected chi connectivity index (χ3v) is 6.06. The number of benzene rings is 2. The molecule has 5 rings (SSSR count). The monoisotopic (exact) mass is 465 g/mol. The minimum atomic E-state index is -0.543. The zero-order valence-electron chi connectivity index (χ0n) is 19.5. The lowest BCUT2D eigenvalue weighted by molar-refractivity contribution is 0.0938. The van der Waals surface area contributed by atoms with Crippen molar-refractivity contribution in [2.75, 3.05) is 0 Å². The summed E-state index contributed by atoms with van der Waals surface area (Å²) in [6, 6.07) is 17.4. The fourth-order valence-corrected chi connectivity index (χ4v) is 4.44. The Morgan fingerprint density at radius 3 is 2.54 bits per heavy atom. The van der Waals surface area contributed by atoms with Crippen molar-refractivity contribution in [1.29, 1.82) is 0 Å². The van der Waals surface area contributed by atoms with Crippen molar-refractivity contribution >= 4 is 28.1 Å². The topological polar surface area (TPSA) is 98.4 Å². The Hall–Kier alpha value is -4.59. The van der Waals surface area contributed by atoms with Crippen LogP contribution in [0.3, 0.4) is 0 Å². The Bertz CT molecular complexity index is 1670. The Morgan fingerprint density at radius 2 is 1.80 bits per heavy atom. The number of rotatable bonds is 5. The molecule has 1 atom stereocenters. The first-order valence-electron chi connectivity index (χ1n) is 11.2. The van der Waals surface area contributed by atoms with Gasteiger partial charge in [0.2, 0.25) is 0 Å². The number of amides is 1. The number of fused-ring (bicyclic) bond motifs is 2. The number of aryl methyl sites for hydroxylation is 1. The highest BCUT2D eigenvalue weighted by Gasteiger charge is 2.23. The standard InChI is InChI=1S/C27H23N5O3/c1-16(29-26(34)23-17(2)30-31-14-8-13-28-25(23)31)22-15-19-9-7-12-21(18(3)33)24(19)27(35)32(22)20-10-5-4-6-11-20/h4-16H,1-3H3,(H,29,34)/t16-/m0/s1. The molecule has 0 aliphatic rings. The van der Waals surface area contributed by atoms with Crippen LogP contribution in [0.25, 0.3) is 22.1 Å². The van der Waals surface area contributed by atoms with Crippen LogP contribution in [0.4, 0.5) is 0 Å². The fourth-order valence-electron chi connectivity index (χ4n) is 4.44. The predicted molar refractivity (Wildman–Crippen MR) is 133 cm³/mol. The van der Waals surface area contributed by atoms with Gasteiger partial charge in [-0.15, -0.1) is 0 Å². The van der Waals surface area contributed by atoms with Crippen molar-refractivity contribution in [3.63, 3.8) is 0 Å². The van der Waals surface area contributed by atoms with E-state index in [4.69, 9.17) is 0 Å². The van der Waals surface area contributed by atoms with Crippen molar-refractivity contribution in [1.82, 2.24) is 24.5 Å². The van der Waals surface area contributed by atoms with Crippen LogP contribution >= 0.6 is 0 Å². The Kier molecular flexibility index (Phi) is 5.49. The molecule has 2 aromatic carbocycles. The fraction of sp³-hybridized carbons (Fsp3) is 0.148. The lowest BCUT2D eigenvalue weighted by Gasteiger charge is -2.21. The molecule has 8 nitrogen and oxygen atoms in total. The number of hydrogen-bond donors (Lipinski definition) is 1. The minimum absolute atomic E-state index is 0.183. The number of ketones is 1. The number of hydrogen-bond acceptors (Lipinski definition) is 5. The maximum absolute atomic E-state index is 13.8. The zero-order chi connectivity index (χ0) is 24.7. The van der Waals surface area contributed by atoms with Crippen LogP contribution in [0, 0.1) is 6.92 Å². The lowest BCUT2D eigenvalue weighted by atomic mass is 10.0. The van der Waals surface area contributed by atoms with E-state index < -0.39 is 6.04 Å². The van der Waals surface area contributed by atoms with E-state index in [0.717, 1.165) is 0 Å². The van der Waals surface area contributed by atoms with Gasteiger partial charge in [-0.1, -0.05) is 36.4 Å². The molecule has 0 saturated heterocycles. The summed E-state index contributed by atoms with van der Waals surface area (Å²) in [5.74, 6) is -0.522. The Labute approximate surface area is 200 Å². The summed E-state index contributed by atoms with van der Waals surface area (Å²) >= 11 is 0. The highest BCUT2D eigenvalue weighted by atomic mass is 16.2. The summed E-state index contributed by atoms with van der Waals surface area (Å²) < 4.78 is 3.12. The second-order valence-corrected chi connectivity index (χ2v) is 8.41. The molecule has 8 heteroatoms. The minimum Gasteiger partial charge on any atom is -0.344 e. The summed E-state index contributed by atoms with van der Waals surface area (Å²) in [5.41, 5.74) is 2.68. The Balaban J connectivity index is 1.66. The highest BCUT2D eigenvalue weighted by molar-refractivity contribution is 6.07. The predicted octanol–water partition coefficient (Wildman–Crippen LogP) is 4.04. The number of carbonyl (C=O) groups excluding carboxylic acids is 2. The average Bonchev–Trinajstić information content (AvgIpc) is 3.19. The third-order valence-electron chi connectivity index (χ3n) is 6.06. The van der Waals surface area contributed by atoms with E-state index in [1.807, 2.05) is 43.3 Å². The second-order valence-electron chi connectivity index (χ2n) is 8.41. The largest absolute Gasteiger partial charge is 0.344 e. The first-order chi connectivity index (χ1) is 16.9. The molecular weight excluding hydrogens is 442 g/mol. The van der Waals surface area contributed by atoms with E-state index in [2.05, 4.69) is 15.4 Å². The quantitative estimate of drug-likeness (QED) is 0.395. The molecule has 0 spiro atoms. The van der Waals surface area contributed by atoms with Gasteiger partial charge >= 0.3 is 0 Å². The molecular formula is C27H23N5O3. The van der Waals surface area contributed by atoms with Gasteiger partial charge in [0.05, 0.1) is 17.1 Å². The lowest BCUT2D eigenvalue weighted by Crippen LogP contribution is -2.32. The van der Waals surface area contributed by atoms with E-state index >= 15 is 0 Å². The number of pyridine rings is 1. The molecule has 0 aliphatic heterocycles. The van der Waals surface area contributed by atoms with Crippen LogP contribution in [-0.2, 0) is 0 Å². The van der Waals surface area contributed by atoms with Crippen molar-refractivity contribution in [3.8, 4) is 5.69 Å². The van der Waals surface area contributed by atoms with Gasteiger partial charge in [0.1, 0.15) is 5.56 Å². The normalized spacial score (nSPS) is 12.1. The number of nitrogens with zero attached hydrogens (tertiary/aromatic N) is 4. The smallest absolute Gasteiger partial charge is 0.263 e. The van der Waals surface area contributed by atoms with E-state index in [-0.39, 0.29) is 17.2 Å². The number of para-hydroxylation sites is 1. The third kappa shape index (κ3) is 3.78. The second kappa shape index (κ2) is 8.64. The number of aromatic nitrogens is 4. The number of carbonyl (C=O) groups is 2. The zero-order valence-corrected chi connectivity index (χ0v) is 19.5. The summed E-state index contributed by atoms with van der Waals surface area (Å²) in [4.78, 5) is 43.7. The van der Waals surface area contributed by atoms with E-state index in [1.54, 1.807) is 52.7 Å². The van der Waals surface area contributed by atoms with Gasteiger partial charge in [0.25, 0.3) is 11.5 Å². The molecule has 0 fully saturated rings.